The van der Waals surface area contributed by atoms with Gasteiger partial charge in [0.05, 0.1) is 17.7 Å². The van der Waals surface area contributed by atoms with Gasteiger partial charge in [-0.05, 0) is 36.8 Å². The lowest BCUT2D eigenvalue weighted by atomic mass is 10.1. The van der Waals surface area contributed by atoms with Crippen molar-refractivity contribution in [3.63, 3.8) is 0 Å². The second-order valence-electron chi connectivity index (χ2n) is 6.07. The quantitative estimate of drug-likeness (QED) is 0.567. The molecule has 0 aliphatic carbocycles. The summed E-state index contributed by atoms with van der Waals surface area (Å²) in [6.45, 7) is 1.85. The summed E-state index contributed by atoms with van der Waals surface area (Å²) in [7, 11) is -2.23. The first-order chi connectivity index (χ1) is 12.5. The van der Waals surface area contributed by atoms with Crippen LogP contribution in [-0.4, -0.2) is 15.5 Å². The minimum Gasteiger partial charge on any atom is -0.495 e. The molecule has 0 atom stereocenters. The van der Waals surface area contributed by atoms with Crippen LogP contribution in [0.3, 0.4) is 0 Å². The molecule has 6 heteroatoms. The van der Waals surface area contributed by atoms with E-state index in [1.165, 1.54) is 7.11 Å². The van der Waals surface area contributed by atoms with E-state index in [4.69, 9.17) is 9.15 Å². The molecule has 0 unspecified atom stereocenters. The van der Waals surface area contributed by atoms with Gasteiger partial charge in [-0.25, -0.2) is 8.42 Å². The number of para-hydroxylation sites is 1. The Balaban J connectivity index is 1.84. The van der Waals surface area contributed by atoms with Crippen molar-refractivity contribution in [1.82, 2.24) is 0 Å². The molecular formula is C20H17NO4S. The van der Waals surface area contributed by atoms with Crippen LogP contribution in [0.5, 0.6) is 5.75 Å². The fourth-order valence-corrected chi connectivity index (χ4v) is 4.15. The van der Waals surface area contributed by atoms with Crippen LogP contribution in [0.2, 0.25) is 0 Å². The Kier molecular flexibility index (Phi) is 3.85. The summed E-state index contributed by atoms with van der Waals surface area (Å²) in [5.74, 6) is 0.431. The standard InChI is InChI=1S/C20H17NO4S/c1-13-6-5-7-14(10-13)26(22,23)21-17-12-19-16(11-20(17)24-2)15-8-3-4-9-18(15)25-19/h3-12,21H,1-2H3. The number of methoxy groups -OCH3 is 1. The smallest absolute Gasteiger partial charge is 0.262 e. The van der Waals surface area contributed by atoms with Crippen molar-refractivity contribution in [2.24, 2.45) is 0 Å². The predicted molar refractivity (Wildman–Crippen MR) is 102 cm³/mol. The zero-order valence-electron chi connectivity index (χ0n) is 14.3. The first kappa shape index (κ1) is 16.5. The molecule has 0 fully saturated rings. The van der Waals surface area contributed by atoms with Gasteiger partial charge >= 0.3 is 0 Å². The molecule has 26 heavy (non-hydrogen) atoms. The zero-order valence-corrected chi connectivity index (χ0v) is 15.1. The number of hydrogen-bond donors (Lipinski definition) is 1. The highest BCUT2D eigenvalue weighted by molar-refractivity contribution is 7.92. The van der Waals surface area contributed by atoms with Gasteiger partial charge < -0.3 is 9.15 Å². The van der Waals surface area contributed by atoms with Crippen LogP contribution in [0.4, 0.5) is 5.69 Å². The second-order valence-corrected chi connectivity index (χ2v) is 7.75. The van der Waals surface area contributed by atoms with Crippen molar-refractivity contribution in [3.8, 4) is 5.75 Å². The summed E-state index contributed by atoms with van der Waals surface area (Å²) in [5.41, 5.74) is 2.53. The first-order valence-electron chi connectivity index (χ1n) is 8.07. The number of nitrogens with one attached hydrogen (secondary N) is 1. The van der Waals surface area contributed by atoms with Crippen LogP contribution < -0.4 is 9.46 Å². The molecule has 0 bridgehead atoms. The van der Waals surface area contributed by atoms with E-state index >= 15 is 0 Å². The molecule has 0 aliphatic rings. The number of furan rings is 1. The maximum Gasteiger partial charge on any atom is 0.262 e. The van der Waals surface area contributed by atoms with Crippen molar-refractivity contribution >= 4 is 37.6 Å². The molecule has 4 rings (SSSR count). The number of fused-ring (bicyclic) bond motifs is 3. The van der Waals surface area contributed by atoms with Crippen molar-refractivity contribution in [3.05, 3.63) is 66.2 Å². The van der Waals surface area contributed by atoms with Crippen molar-refractivity contribution in [2.75, 3.05) is 11.8 Å². The fraction of sp³-hybridized carbons (Fsp3) is 0.100. The minimum atomic E-state index is -3.74. The lowest BCUT2D eigenvalue weighted by molar-refractivity contribution is 0.417. The average Bonchev–Trinajstić information content (AvgIpc) is 2.98. The maximum atomic E-state index is 12.7. The van der Waals surface area contributed by atoms with Crippen LogP contribution in [-0.2, 0) is 10.0 Å². The SMILES string of the molecule is COc1cc2c(cc1NS(=O)(=O)c1cccc(C)c1)oc1ccccc12. The molecule has 4 aromatic rings. The molecule has 132 valence electrons. The van der Waals surface area contributed by atoms with E-state index in [1.54, 1.807) is 30.3 Å². The summed E-state index contributed by atoms with van der Waals surface area (Å²) in [5, 5.41) is 1.82. The van der Waals surface area contributed by atoms with Gasteiger partial charge in [0, 0.05) is 16.8 Å². The predicted octanol–water partition coefficient (Wildman–Crippen LogP) is 4.70. The molecule has 1 aromatic heterocycles. The Morgan fingerprint density at radius 3 is 2.50 bits per heavy atom. The number of hydrogen-bond acceptors (Lipinski definition) is 4. The topological polar surface area (TPSA) is 68.5 Å². The van der Waals surface area contributed by atoms with E-state index in [9.17, 15) is 8.42 Å². The van der Waals surface area contributed by atoms with E-state index < -0.39 is 10.0 Å². The number of anilines is 1. The normalized spacial score (nSPS) is 11.8. The maximum absolute atomic E-state index is 12.7. The first-order valence-corrected chi connectivity index (χ1v) is 9.55. The number of ether oxygens (including phenoxy) is 1. The van der Waals surface area contributed by atoms with E-state index in [-0.39, 0.29) is 4.90 Å². The van der Waals surface area contributed by atoms with Crippen LogP contribution >= 0.6 is 0 Å². The van der Waals surface area contributed by atoms with Crippen molar-refractivity contribution in [1.29, 1.82) is 0 Å². The van der Waals surface area contributed by atoms with Gasteiger partial charge in [0.2, 0.25) is 0 Å². The summed E-state index contributed by atoms with van der Waals surface area (Å²) >= 11 is 0. The van der Waals surface area contributed by atoms with E-state index in [0.717, 1.165) is 21.9 Å². The summed E-state index contributed by atoms with van der Waals surface area (Å²) in [4.78, 5) is 0.198. The van der Waals surface area contributed by atoms with Crippen LogP contribution in [0, 0.1) is 6.92 Å². The molecule has 0 amide bonds. The molecule has 0 spiro atoms. The highest BCUT2D eigenvalue weighted by Crippen LogP contribution is 2.37. The van der Waals surface area contributed by atoms with Gasteiger partial charge in [0.1, 0.15) is 16.9 Å². The summed E-state index contributed by atoms with van der Waals surface area (Å²) in [6, 6.07) is 17.8. The minimum absolute atomic E-state index is 0.198. The second kappa shape index (κ2) is 6.07. The number of aryl methyl sites for hydroxylation is 1. The Labute approximate surface area is 151 Å². The Bertz CT molecular complexity index is 1230. The molecule has 0 aliphatic heterocycles. The van der Waals surface area contributed by atoms with Crippen LogP contribution in [0.25, 0.3) is 21.9 Å². The monoisotopic (exact) mass is 367 g/mol. The third kappa shape index (κ3) is 2.78. The van der Waals surface area contributed by atoms with E-state index in [1.807, 2.05) is 37.3 Å². The molecule has 0 saturated heterocycles. The molecule has 1 heterocycles. The molecule has 3 aromatic carbocycles. The fourth-order valence-electron chi connectivity index (χ4n) is 2.99. The Hall–Kier alpha value is -2.99. The lowest BCUT2D eigenvalue weighted by Gasteiger charge is -2.12. The van der Waals surface area contributed by atoms with Crippen LogP contribution in [0.15, 0.2) is 70.0 Å². The van der Waals surface area contributed by atoms with E-state index in [0.29, 0.717) is 17.0 Å². The summed E-state index contributed by atoms with van der Waals surface area (Å²) in [6.07, 6.45) is 0. The van der Waals surface area contributed by atoms with Crippen molar-refractivity contribution < 1.29 is 17.6 Å². The number of benzene rings is 3. The average molecular weight is 367 g/mol. The van der Waals surface area contributed by atoms with Gasteiger partial charge in [0.15, 0.2) is 0 Å². The number of sulfonamides is 1. The largest absolute Gasteiger partial charge is 0.495 e. The zero-order chi connectivity index (χ0) is 18.3. The molecular weight excluding hydrogens is 350 g/mol. The third-order valence-electron chi connectivity index (χ3n) is 4.24. The molecule has 0 saturated carbocycles. The Morgan fingerprint density at radius 2 is 1.73 bits per heavy atom. The Morgan fingerprint density at radius 1 is 0.923 bits per heavy atom. The molecule has 5 nitrogen and oxygen atoms in total. The molecule has 1 N–H and O–H groups in total. The van der Waals surface area contributed by atoms with Gasteiger partial charge in [0.25, 0.3) is 10.0 Å². The van der Waals surface area contributed by atoms with Gasteiger partial charge in [-0.2, -0.15) is 0 Å². The summed E-state index contributed by atoms with van der Waals surface area (Å²) < 4.78 is 39.3. The third-order valence-corrected chi connectivity index (χ3v) is 5.61. The van der Waals surface area contributed by atoms with Crippen molar-refractivity contribution in [2.45, 2.75) is 11.8 Å². The highest BCUT2D eigenvalue weighted by atomic mass is 32.2. The van der Waals surface area contributed by atoms with Gasteiger partial charge in [-0.15, -0.1) is 0 Å². The van der Waals surface area contributed by atoms with Gasteiger partial charge in [-0.3, -0.25) is 4.72 Å². The van der Waals surface area contributed by atoms with E-state index in [2.05, 4.69) is 4.72 Å². The highest BCUT2D eigenvalue weighted by Gasteiger charge is 2.19. The number of rotatable bonds is 4. The lowest BCUT2D eigenvalue weighted by Crippen LogP contribution is -2.13. The molecule has 0 radical (unpaired) electrons. The van der Waals surface area contributed by atoms with Crippen LogP contribution in [0.1, 0.15) is 5.56 Å². The van der Waals surface area contributed by atoms with Gasteiger partial charge in [-0.1, -0.05) is 30.3 Å².